The Hall–Kier alpha value is -0.650. The van der Waals surface area contributed by atoms with E-state index in [2.05, 4.69) is 5.32 Å². The van der Waals surface area contributed by atoms with Gasteiger partial charge < -0.3 is 20.5 Å². The van der Waals surface area contributed by atoms with Gasteiger partial charge in [-0.3, -0.25) is 4.79 Å². The Morgan fingerprint density at radius 3 is 2.33 bits per heavy atom. The Morgan fingerprint density at radius 1 is 1.47 bits per heavy atom. The van der Waals surface area contributed by atoms with Gasteiger partial charge in [0, 0.05) is 20.8 Å². The van der Waals surface area contributed by atoms with Gasteiger partial charge in [0.2, 0.25) is 5.91 Å². The first kappa shape index (κ1) is 14.3. The first-order chi connectivity index (χ1) is 7.03. The fourth-order valence-electron chi connectivity index (χ4n) is 1.05. The molecule has 1 amide bonds. The molecule has 90 valence electrons. The monoisotopic (exact) mass is 218 g/mol. The van der Waals surface area contributed by atoms with Crippen molar-refractivity contribution in [3.05, 3.63) is 0 Å². The van der Waals surface area contributed by atoms with Gasteiger partial charge >= 0.3 is 0 Å². The van der Waals surface area contributed by atoms with Gasteiger partial charge in [0.1, 0.15) is 0 Å². The molecule has 5 nitrogen and oxygen atoms in total. The summed E-state index contributed by atoms with van der Waals surface area (Å²) in [6, 6.07) is 0. The van der Waals surface area contributed by atoms with E-state index >= 15 is 0 Å². The summed E-state index contributed by atoms with van der Waals surface area (Å²) in [5.74, 6) is -0.0633. The van der Waals surface area contributed by atoms with E-state index in [1.807, 2.05) is 13.8 Å². The minimum absolute atomic E-state index is 0.0633. The number of nitrogens with two attached hydrogens (primary N) is 1. The van der Waals surface area contributed by atoms with Crippen molar-refractivity contribution < 1.29 is 14.3 Å². The minimum atomic E-state index is -0.508. The van der Waals surface area contributed by atoms with Gasteiger partial charge in [-0.2, -0.15) is 0 Å². The maximum atomic E-state index is 11.8. The van der Waals surface area contributed by atoms with Gasteiger partial charge in [-0.25, -0.2) is 0 Å². The lowest BCUT2D eigenvalue weighted by Crippen LogP contribution is -2.46. The van der Waals surface area contributed by atoms with Crippen LogP contribution in [0, 0.1) is 5.41 Å². The summed E-state index contributed by atoms with van der Waals surface area (Å²) < 4.78 is 9.92. The lowest BCUT2D eigenvalue weighted by molar-refractivity contribution is -0.135. The van der Waals surface area contributed by atoms with Crippen molar-refractivity contribution in [1.29, 1.82) is 0 Å². The normalized spacial score (nSPS) is 15.1. The van der Waals surface area contributed by atoms with Crippen molar-refractivity contribution in [2.45, 2.75) is 26.6 Å². The van der Waals surface area contributed by atoms with E-state index in [-0.39, 0.29) is 5.91 Å². The van der Waals surface area contributed by atoms with Crippen LogP contribution in [0.25, 0.3) is 0 Å². The molecule has 0 aromatic carbocycles. The molecule has 0 saturated carbocycles. The van der Waals surface area contributed by atoms with Crippen LogP contribution in [0.5, 0.6) is 0 Å². The van der Waals surface area contributed by atoms with Crippen molar-refractivity contribution >= 4 is 5.91 Å². The van der Waals surface area contributed by atoms with Crippen LogP contribution in [0.3, 0.4) is 0 Å². The van der Waals surface area contributed by atoms with E-state index in [9.17, 15) is 4.79 Å². The smallest absolute Gasteiger partial charge is 0.227 e. The summed E-state index contributed by atoms with van der Waals surface area (Å²) >= 11 is 0. The quantitative estimate of drug-likeness (QED) is 0.594. The molecule has 0 aliphatic rings. The van der Waals surface area contributed by atoms with Crippen LogP contribution in [-0.2, 0) is 14.3 Å². The van der Waals surface area contributed by atoms with Crippen molar-refractivity contribution in [3.8, 4) is 0 Å². The van der Waals surface area contributed by atoms with Gasteiger partial charge in [0.15, 0.2) is 6.29 Å². The molecule has 1 unspecified atom stereocenters. The first-order valence-electron chi connectivity index (χ1n) is 5.08. The van der Waals surface area contributed by atoms with E-state index in [0.717, 1.165) is 0 Å². The molecule has 1 atom stereocenters. The highest BCUT2D eigenvalue weighted by molar-refractivity contribution is 5.82. The average molecular weight is 218 g/mol. The molecular formula is C10H22N2O3. The Balaban J connectivity index is 4.12. The van der Waals surface area contributed by atoms with Crippen LogP contribution >= 0.6 is 0 Å². The number of rotatable bonds is 7. The third kappa shape index (κ3) is 4.15. The zero-order chi connectivity index (χ0) is 11.9. The maximum Gasteiger partial charge on any atom is 0.227 e. The zero-order valence-corrected chi connectivity index (χ0v) is 10.0. The molecule has 0 spiro atoms. The van der Waals surface area contributed by atoms with Crippen LogP contribution in [0.2, 0.25) is 0 Å². The lowest BCUT2D eigenvalue weighted by Gasteiger charge is -2.26. The second-order valence-electron chi connectivity index (χ2n) is 3.73. The number of ether oxygens (including phenoxy) is 2. The Labute approximate surface area is 91.3 Å². The molecule has 15 heavy (non-hydrogen) atoms. The largest absolute Gasteiger partial charge is 0.354 e. The molecule has 0 radical (unpaired) electrons. The summed E-state index contributed by atoms with van der Waals surface area (Å²) in [4.78, 5) is 11.8. The standard InChI is InChI=1S/C10H22N2O3/c1-5-10(2,7-11)9(13)12-6-8(14-3)15-4/h8H,5-7,11H2,1-4H3,(H,12,13). The molecule has 3 N–H and O–H groups in total. The Morgan fingerprint density at radius 2 is 2.00 bits per heavy atom. The fourth-order valence-corrected chi connectivity index (χ4v) is 1.05. The van der Waals surface area contributed by atoms with Crippen LogP contribution in [0.4, 0.5) is 0 Å². The van der Waals surface area contributed by atoms with Crippen molar-refractivity contribution in [3.63, 3.8) is 0 Å². The summed E-state index contributed by atoms with van der Waals surface area (Å²) in [6.45, 7) is 4.45. The zero-order valence-electron chi connectivity index (χ0n) is 10.0. The topological polar surface area (TPSA) is 73.6 Å². The number of nitrogens with one attached hydrogen (secondary N) is 1. The molecule has 0 rings (SSSR count). The summed E-state index contributed by atoms with van der Waals surface area (Å²) in [6.07, 6.45) is 0.299. The average Bonchev–Trinajstić information content (AvgIpc) is 2.29. The van der Waals surface area contributed by atoms with Gasteiger partial charge in [0.25, 0.3) is 0 Å². The number of carbonyl (C=O) groups excluding carboxylic acids is 1. The fraction of sp³-hybridized carbons (Fsp3) is 0.900. The summed E-state index contributed by atoms with van der Waals surface area (Å²) in [5, 5.41) is 2.76. The number of amides is 1. The van der Waals surface area contributed by atoms with Gasteiger partial charge in [-0.1, -0.05) is 6.92 Å². The Bertz CT molecular complexity index is 189. The third-order valence-electron chi connectivity index (χ3n) is 2.73. The summed E-state index contributed by atoms with van der Waals surface area (Å²) in [7, 11) is 3.06. The molecule has 0 bridgehead atoms. The molecule has 0 saturated heterocycles. The Kier molecular flexibility index (Phi) is 6.47. The molecule has 0 aliphatic heterocycles. The van der Waals surface area contributed by atoms with Crippen molar-refractivity contribution in [2.75, 3.05) is 27.3 Å². The molecule has 0 fully saturated rings. The predicted molar refractivity (Wildman–Crippen MR) is 58.3 cm³/mol. The minimum Gasteiger partial charge on any atom is -0.354 e. The van der Waals surface area contributed by atoms with Gasteiger partial charge in [-0.05, 0) is 13.3 Å². The highest BCUT2D eigenvalue weighted by Crippen LogP contribution is 2.18. The van der Waals surface area contributed by atoms with E-state index < -0.39 is 11.7 Å². The molecule has 0 aromatic heterocycles. The van der Waals surface area contributed by atoms with Crippen LogP contribution < -0.4 is 11.1 Å². The van der Waals surface area contributed by atoms with E-state index in [4.69, 9.17) is 15.2 Å². The predicted octanol–water partition coefficient (Wildman–Crippen LogP) is 0.0965. The molecule has 0 aromatic rings. The number of methoxy groups -OCH3 is 2. The SMILES string of the molecule is CCC(C)(CN)C(=O)NCC(OC)OC. The van der Waals surface area contributed by atoms with E-state index in [0.29, 0.717) is 19.5 Å². The third-order valence-corrected chi connectivity index (χ3v) is 2.73. The van der Waals surface area contributed by atoms with Crippen LogP contribution in [-0.4, -0.2) is 39.5 Å². The maximum absolute atomic E-state index is 11.8. The molecule has 0 heterocycles. The molecule has 5 heteroatoms. The highest BCUT2D eigenvalue weighted by Gasteiger charge is 2.29. The summed E-state index contributed by atoms with van der Waals surface area (Å²) in [5.41, 5.74) is 5.06. The second kappa shape index (κ2) is 6.76. The highest BCUT2D eigenvalue weighted by atomic mass is 16.7. The molecular weight excluding hydrogens is 196 g/mol. The first-order valence-corrected chi connectivity index (χ1v) is 5.08. The van der Waals surface area contributed by atoms with Crippen molar-refractivity contribution in [1.82, 2.24) is 5.32 Å². The number of hydrogen-bond acceptors (Lipinski definition) is 4. The molecule has 0 aliphatic carbocycles. The van der Waals surface area contributed by atoms with E-state index in [1.54, 1.807) is 0 Å². The van der Waals surface area contributed by atoms with Gasteiger partial charge in [-0.15, -0.1) is 0 Å². The van der Waals surface area contributed by atoms with Crippen LogP contribution in [0.1, 0.15) is 20.3 Å². The number of carbonyl (C=O) groups is 1. The van der Waals surface area contributed by atoms with E-state index in [1.165, 1.54) is 14.2 Å². The lowest BCUT2D eigenvalue weighted by atomic mass is 9.87. The second-order valence-corrected chi connectivity index (χ2v) is 3.73. The van der Waals surface area contributed by atoms with Gasteiger partial charge in [0.05, 0.1) is 12.0 Å². The number of hydrogen-bond donors (Lipinski definition) is 2. The van der Waals surface area contributed by atoms with Crippen LogP contribution in [0.15, 0.2) is 0 Å². The van der Waals surface area contributed by atoms with Crippen molar-refractivity contribution in [2.24, 2.45) is 11.1 Å².